The smallest absolute Gasteiger partial charge is 0.332 e. The van der Waals surface area contributed by atoms with Gasteiger partial charge in [0.2, 0.25) is 0 Å². The molecular weight excluding hydrogens is 204 g/mol. The maximum Gasteiger partial charge on any atom is 0.332 e. The molecule has 86 valence electrons. The van der Waals surface area contributed by atoms with E-state index in [0.717, 1.165) is 0 Å². The third-order valence-corrected chi connectivity index (χ3v) is 2.19. The van der Waals surface area contributed by atoms with Crippen LogP contribution in [0.3, 0.4) is 0 Å². The van der Waals surface area contributed by atoms with Crippen LogP contribution in [0, 0.1) is 11.3 Å². The molecule has 0 heterocycles. The second-order valence-corrected chi connectivity index (χ2v) is 3.75. The second kappa shape index (κ2) is 4.77. The Morgan fingerprint density at radius 1 is 1.00 bits per heavy atom. The van der Waals surface area contributed by atoms with Crippen molar-refractivity contribution in [2.24, 2.45) is 11.3 Å². The Kier molecular flexibility index (Phi) is 4.26. The molecule has 0 aromatic carbocycles. The Morgan fingerprint density at radius 2 is 1.33 bits per heavy atom. The van der Waals surface area contributed by atoms with Crippen LogP contribution in [0.25, 0.3) is 0 Å². The number of carboxylic acids is 3. The fourth-order valence-electron chi connectivity index (χ4n) is 1.10. The molecule has 0 amide bonds. The van der Waals surface area contributed by atoms with Gasteiger partial charge in [-0.3, -0.25) is 14.4 Å². The highest BCUT2D eigenvalue weighted by Crippen LogP contribution is 2.27. The average Bonchev–Trinajstić information content (AvgIpc) is 2.02. The van der Waals surface area contributed by atoms with Crippen LogP contribution in [0.1, 0.15) is 26.7 Å². The van der Waals surface area contributed by atoms with E-state index in [-0.39, 0.29) is 12.3 Å². The van der Waals surface area contributed by atoms with Gasteiger partial charge in [-0.1, -0.05) is 13.8 Å². The van der Waals surface area contributed by atoms with Crippen LogP contribution in [-0.4, -0.2) is 33.2 Å². The average molecular weight is 218 g/mol. The number of hydrogen-bond donors (Lipinski definition) is 3. The summed E-state index contributed by atoms with van der Waals surface area (Å²) in [5, 5.41) is 26.1. The number of carboxylic acid groups (broad SMARTS) is 3. The lowest BCUT2D eigenvalue weighted by Gasteiger charge is -2.20. The summed E-state index contributed by atoms with van der Waals surface area (Å²) in [6, 6.07) is 0. The molecule has 0 aliphatic heterocycles. The Morgan fingerprint density at radius 3 is 1.53 bits per heavy atom. The monoisotopic (exact) mass is 218 g/mol. The first-order valence-corrected chi connectivity index (χ1v) is 4.45. The SMILES string of the molecule is CC(C)CCC(C(=O)O)(C(=O)O)C(=O)O. The molecule has 0 atom stereocenters. The minimum Gasteiger partial charge on any atom is -0.480 e. The van der Waals surface area contributed by atoms with Crippen molar-refractivity contribution < 1.29 is 29.7 Å². The maximum absolute atomic E-state index is 10.8. The van der Waals surface area contributed by atoms with Gasteiger partial charge in [0, 0.05) is 0 Å². The number of hydrogen-bond acceptors (Lipinski definition) is 3. The van der Waals surface area contributed by atoms with Crippen LogP contribution in [0.15, 0.2) is 0 Å². The molecule has 0 aliphatic carbocycles. The number of aliphatic carboxylic acids is 3. The summed E-state index contributed by atoms with van der Waals surface area (Å²) in [6.07, 6.45) is -0.185. The summed E-state index contributed by atoms with van der Waals surface area (Å²) in [4.78, 5) is 32.3. The van der Waals surface area contributed by atoms with E-state index in [1.165, 1.54) is 0 Å². The molecule has 0 aliphatic rings. The van der Waals surface area contributed by atoms with E-state index in [0.29, 0.717) is 0 Å². The van der Waals surface area contributed by atoms with E-state index in [1.54, 1.807) is 13.8 Å². The maximum atomic E-state index is 10.8. The molecule has 0 radical (unpaired) electrons. The summed E-state index contributed by atoms with van der Waals surface area (Å²) in [7, 11) is 0. The lowest BCUT2D eigenvalue weighted by Crippen LogP contribution is -2.46. The molecular formula is C9H14O6. The van der Waals surface area contributed by atoms with E-state index < -0.39 is 29.7 Å². The fraction of sp³-hybridized carbons (Fsp3) is 0.667. The third-order valence-electron chi connectivity index (χ3n) is 2.19. The highest BCUT2D eigenvalue weighted by molar-refractivity contribution is 6.16. The lowest BCUT2D eigenvalue weighted by atomic mass is 9.81. The van der Waals surface area contributed by atoms with Crippen LogP contribution < -0.4 is 0 Å². The van der Waals surface area contributed by atoms with Gasteiger partial charge in [-0.05, 0) is 18.8 Å². The van der Waals surface area contributed by atoms with Gasteiger partial charge < -0.3 is 15.3 Å². The molecule has 6 heteroatoms. The second-order valence-electron chi connectivity index (χ2n) is 3.75. The molecule has 0 spiro atoms. The van der Waals surface area contributed by atoms with E-state index in [9.17, 15) is 14.4 Å². The number of rotatable bonds is 6. The first-order valence-electron chi connectivity index (χ1n) is 4.45. The predicted octanol–water partition coefficient (Wildman–Crippen LogP) is 0.663. The zero-order valence-electron chi connectivity index (χ0n) is 8.56. The molecule has 15 heavy (non-hydrogen) atoms. The Hall–Kier alpha value is -1.59. The highest BCUT2D eigenvalue weighted by Gasteiger charge is 2.53. The Balaban J connectivity index is 5.07. The van der Waals surface area contributed by atoms with Crippen LogP contribution >= 0.6 is 0 Å². The van der Waals surface area contributed by atoms with Crippen molar-refractivity contribution in [3.8, 4) is 0 Å². The predicted molar refractivity (Wildman–Crippen MR) is 49.4 cm³/mol. The standard InChI is InChI=1S/C9H14O6/c1-5(2)3-4-9(6(10)11,7(12)13)8(14)15/h5H,3-4H2,1-2H3,(H,10,11)(H,12,13)(H,14,15). The summed E-state index contributed by atoms with van der Waals surface area (Å²) >= 11 is 0. The van der Waals surface area contributed by atoms with Crippen LogP contribution in [-0.2, 0) is 14.4 Å². The molecule has 0 bridgehead atoms. The normalized spacial score (nSPS) is 11.4. The minimum atomic E-state index is -2.72. The van der Waals surface area contributed by atoms with Crippen molar-refractivity contribution in [2.75, 3.05) is 0 Å². The quantitative estimate of drug-likeness (QED) is 0.564. The molecule has 0 rings (SSSR count). The van der Waals surface area contributed by atoms with Gasteiger partial charge in [0.15, 0.2) is 0 Å². The third kappa shape index (κ3) is 2.68. The Bertz CT molecular complexity index is 244. The minimum absolute atomic E-state index is 0.0439. The zero-order chi connectivity index (χ0) is 12.2. The number of carbonyl (C=O) groups is 3. The summed E-state index contributed by atoms with van der Waals surface area (Å²) < 4.78 is 0. The van der Waals surface area contributed by atoms with E-state index in [1.807, 2.05) is 0 Å². The first-order chi connectivity index (χ1) is 6.75. The zero-order valence-corrected chi connectivity index (χ0v) is 8.56. The summed E-state index contributed by atoms with van der Waals surface area (Å²) in [6.45, 7) is 3.52. The highest BCUT2D eigenvalue weighted by atomic mass is 16.4. The van der Waals surface area contributed by atoms with Crippen LogP contribution in [0.2, 0.25) is 0 Å². The van der Waals surface area contributed by atoms with E-state index in [4.69, 9.17) is 15.3 Å². The van der Waals surface area contributed by atoms with Crippen molar-refractivity contribution in [3.63, 3.8) is 0 Å². The van der Waals surface area contributed by atoms with Crippen LogP contribution in [0.4, 0.5) is 0 Å². The molecule has 3 N–H and O–H groups in total. The van der Waals surface area contributed by atoms with Gasteiger partial charge in [0.05, 0.1) is 0 Å². The van der Waals surface area contributed by atoms with Gasteiger partial charge in [0.1, 0.15) is 0 Å². The molecule has 0 aromatic rings. The topological polar surface area (TPSA) is 112 Å². The molecule has 0 saturated carbocycles. The molecule has 0 saturated heterocycles. The molecule has 0 aromatic heterocycles. The van der Waals surface area contributed by atoms with Crippen LogP contribution in [0.5, 0.6) is 0 Å². The molecule has 0 unspecified atom stereocenters. The van der Waals surface area contributed by atoms with E-state index in [2.05, 4.69) is 0 Å². The van der Waals surface area contributed by atoms with Crippen molar-refractivity contribution >= 4 is 17.9 Å². The van der Waals surface area contributed by atoms with E-state index >= 15 is 0 Å². The van der Waals surface area contributed by atoms with Gasteiger partial charge in [-0.25, -0.2) is 0 Å². The van der Waals surface area contributed by atoms with Gasteiger partial charge in [-0.15, -0.1) is 0 Å². The lowest BCUT2D eigenvalue weighted by molar-refractivity contribution is -0.176. The van der Waals surface area contributed by atoms with Gasteiger partial charge in [0.25, 0.3) is 5.41 Å². The molecule has 0 fully saturated rings. The van der Waals surface area contributed by atoms with Gasteiger partial charge >= 0.3 is 17.9 Å². The van der Waals surface area contributed by atoms with Crippen molar-refractivity contribution in [1.82, 2.24) is 0 Å². The van der Waals surface area contributed by atoms with Crippen molar-refractivity contribution in [3.05, 3.63) is 0 Å². The fourth-order valence-corrected chi connectivity index (χ4v) is 1.10. The summed E-state index contributed by atoms with van der Waals surface area (Å²) in [5.41, 5.74) is -2.72. The van der Waals surface area contributed by atoms with Crippen molar-refractivity contribution in [1.29, 1.82) is 0 Å². The Labute approximate surface area is 86.5 Å². The van der Waals surface area contributed by atoms with Gasteiger partial charge in [-0.2, -0.15) is 0 Å². The largest absolute Gasteiger partial charge is 0.480 e. The first kappa shape index (κ1) is 13.4. The molecule has 6 nitrogen and oxygen atoms in total. The summed E-state index contributed by atoms with van der Waals surface area (Å²) in [5.74, 6) is -5.45. The van der Waals surface area contributed by atoms with Crippen molar-refractivity contribution in [2.45, 2.75) is 26.7 Å².